The van der Waals surface area contributed by atoms with Gasteiger partial charge < -0.3 is 14.2 Å². The molecule has 0 aliphatic rings. The SMILES string of the molecule is COc1ccc(C(=O)C(OC(=O)CBr)c2ccc(OC)cc2)cc1. The number of Topliss-reactive ketones (excluding diaryl/α,β-unsaturated/α-hetero) is 1. The number of hydrogen-bond donors (Lipinski definition) is 0. The predicted octanol–water partition coefficient (Wildman–Crippen LogP) is 3.57. The highest BCUT2D eigenvalue weighted by Crippen LogP contribution is 2.26. The molecule has 0 N–H and O–H groups in total. The molecule has 2 rings (SSSR count). The van der Waals surface area contributed by atoms with Crippen LogP contribution in [0.15, 0.2) is 48.5 Å². The average molecular weight is 393 g/mol. The van der Waals surface area contributed by atoms with Crippen molar-refractivity contribution >= 4 is 27.7 Å². The summed E-state index contributed by atoms with van der Waals surface area (Å²) >= 11 is 3.04. The maximum Gasteiger partial charge on any atom is 0.317 e. The quantitative estimate of drug-likeness (QED) is 0.409. The maximum atomic E-state index is 12.8. The van der Waals surface area contributed by atoms with Gasteiger partial charge in [0.15, 0.2) is 6.10 Å². The predicted molar refractivity (Wildman–Crippen MR) is 92.9 cm³/mol. The second kappa shape index (κ2) is 8.49. The Kier molecular flexibility index (Phi) is 6.37. The van der Waals surface area contributed by atoms with Crippen LogP contribution in [-0.2, 0) is 9.53 Å². The number of alkyl halides is 1. The molecule has 0 aromatic heterocycles. The summed E-state index contributed by atoms with van der Waals surface area (Å²) in [6.07, 6.45) is -1.02. The summed E-state index contributed by atoms with van der Waals surface area (Å²) < 4.78 is 15.5. The van der Waals surface area contributed by atoms with Crippen molar-refractivity contribution in [2.45, 2.75) is 6.10 Å². The van der Waals surface area contributed by atoms with Crippen molar-refractivity contribution in [3.63, 3.8) is 0 Å². The molecule has 0 fully saturated rings. The standard InChI is InChI=1S/C18H17BrO5/c1-22-14-7-3-12(4-8-14)17(21)18(24-16(20)11-19)13-5-9-15(23-2)10-6-13/h3-10,18H,11H2,1-2H3. The first-order valence-corrected chi connectivity index (χ1v) is 8.29. The summed E-state index contributed by atoms with van der Waals surface area (Å²) in [4.78, 5) is 24.5. The zero-order valence-electron chi connectivity index (χ0n) is 13.3. The molecule has 6 heteroatoms. The molecule has 24 heavy (non-hydrogen) atoms. The Hall–Kier alpha value is -2.34. The van der Waals surface area contributed by atoms with E-state index in [1.165, 1.54) is 0 Å². The maximum absolute atomic E-state index is 12.8. The molecule has 0 saturated heterocycles. The van der Waals surface area contributed by atoms with Crippen molar-refractivity contribution in [2.75, 3.05) is 19.5 Å². The Morgan fingerprint density at radius 3 is 1.88 bits per heavy atom. The molecule has 2 aromatic carbocycles. The molecule has 1 atom stereocenters. The van der Waals surface area contributed by atoms with Crippen molar-refractivity contribution in [3.8, 4) is 11.5 Å². The summed E-state index contributed by atoms with van der Waals surface area (Å²) in [6, 6.07) is 13.5. The van der Waals surface area contributed by atoms with Crippen molar-refractivity contribution in [2.24, 2.45) is 0 Å². The van der Waals surface area contributed by atoms with Gasteiger partial charge in [0.2, 0.25) is 5.78 Å². The normalized spacial score (nSPS) is 11.5. The van der Waals surface area contributed by atoms with E-state index in [1.807, 2.05) is 0 Å². The number of benzene rings is 2. The minimum absolute atomic E-state index is 0.00947. The van der Waals surface area contributed by atoms with Crippen LogP contribution in [0.1, 0.15) is 22.0 Å². The number of carbonyl (C=O) groups excluding carboxylic acids is 2. The molecule has 1 unspecified atom stereocenters. The topological polar surface area (TPSA) is 61.8 Å². The van der Waals surface area contributed by atoms with Crippen molar-refractivity contribution in [1.82, 2.24) is 0 Å². The molecule has 126 valence electrons. The highest BCUT2D eigenvalue weighted by molar-refractivity contribution is 9.09. The largest absolute Gasteiger partial charge is 0.497 e. The smallest absolute Gasteiger partial charge is 0.317 e. The second-order valence-electron chi connectivity index (χ2n) is 4.87. The number of rotatable bonds is 7. The molecule has 5 nitrogen and oxygen atoms in total. The van der Waals surface area contributed by atoms with Crippen LogP contribution in [0, 0.1) is 0 Å². The third kappa shape index (κ3) is 4.35. The number of ether oxygens (including phenoxy) is 3. The average Bonchev–Trinajstić information content (AvgIpc) is 2.65. The van der Waals surface area contributed by atoms with E-state index in [-0.39, 0.29) is 11.1 Å². The van der Waals surface area contributed by atoms with Crippen LogP contribution < -0.4 is 9.47 Å². The highest BCUT2D eigenvalue weighted by atomic mass is 79.9. The first-order chi connectivity index (χ1) is 11.6. The Bertz CT molecular complexity index is 694. The minimum atomic E-state index is -1.02. The third-order valence-electron chi connectivity index (χ3n) is 3.39. The number of hydrogen-bond acceptors (Lipinski definition) is 5. The number of methoxy groups -OCH3 is 2. The van der Waals surface area contributed by atoms with Gasteiger partial charge in [0.05, 0.1) is 14.2 Å². The van der Waals surface area contributed by atoms with Crippen LogP contribution in [0.5, 0.6) is 11.5 Å². The Morgan fingerprint density at radius 1 is 0.917 bits per heavy atom. The molecule has 0 amide bonds. The van der Waals surface area contributed by atoms with Crippen LogP contribution in [0.2, 0.25) is 0 Å². The Balaban J connectivity index is 2.32. The van der Waals surface area contributed by atoms with Gasteiger partial charge in [0.25, 0.3) is 0 Å². The first kappa shape index (κ1) is 18.0. The van der Waals surface area contributed by atoms with Crippen LogP contribution in [-0.4, -0.2) is 31.3 Å². The van der Waals surface area contributed by atoms with Gasteiger partial charge in [-0.2, -0.15) is 0 Å². The molecular weight excluding hydrogens is 376 g/mol. The summed E-state index contributed by atoms with van der Waals surface area (Å²) in [6.45, 7) is 0. The van der Waals surface area contributed by atoms with Crippen LogP contribution >= 0.6 is 15.9 Å². The van der Waals surface area contributed by atoms with Gasteiger partial charge in [-0.25, -0.2) is 0 Å². The summed E-state index contributed by atoms with van der Waals surface area (Å²) in [5.41, 5.74) is 1.00. The molecule has 0 aliphatic carbocycles. The van der Waals surface area contributed by atoms with Gasteiger partial charge >= 0.3 is 5.97 Å². The lowest BCUT2D eigenvalue weighted by atomic mass is 9.99. The van der Waals surface area contributed by atoms with Crippen LogP contribution in [0.25, 0.3) is 0 Å². The zero-order chi connectivity index (χ0) is 17.5. The fourth-order valence-corrected chi connectivity index (χ4v) is 2.25. The van der Waals surface area contributed by atoms with Gasteiger partial charge in [-0.05, 0) is 36.4 Å². The van der Waals surface area contributed by atoms with E-state index < -0.39 is 12.1 Å². The molecule has 0 bridgehead atoms. The fraction of sp³-hybridized carbons (Fsp3) is 0.222. The number of esters is 1. The van der Waals surface area contributed by atoms with Gasteiger partial charge in [0.1, 0.15) is 16.8 Å². The Morgan fingerprint density at radius 2 is 1.42 bits per heavy atom. The molecule has 2 aromatic rings. The number of ketones is 1. The number of carbonyl (C=O) groups is 2. The van der Waals surface area contributed by atoms with Crippen LogP contribution in [0.4, 0.5) is 0 Å². The zero-order valence-corrected chi connectivity index (χ0v) is 14.9. The van der Waals surface area contributed by atoms with E-state index in [2.05, 4.69) is 15.9 Å². The molecule has 0 radical (unpaired) electrons. The van der Waals surface area contributed by atoms with Crippen LogP contribution in [0.3, 0.4) is 0 Å². The van der Waals surface area contributed by atoms with E-state index in [1.54, 1.807) is 62.8 Å². The molecule has 0 heterocycles. The minimum Gasteiger partial charge on any atom is -0.497 e. The fourth-order valence-electron chi connectivity index (χ4n) is 2.12. The van der Waals surface area contributed by atoms with Gasteiger partial charge in [-0.1, -0.05) is 28.1 Å². The summed E-state index contributed by atoms with van der Waals surface area (Å²) in [5, 5.41) is 0.00947. The van der Waals surface area contributed by atoms with E-state index in [0.29, 0.717) is 22.6 Å². The third-order valence-corrected chi connectivity index (χ3v) is 3.85. The summed E-state index contributed by atoms with van der Waals surface area (Å²) in [7, 11) is 3.11. The monoisotopic (exact) mass is 392 g/mol. The van der Waals surface area contributed by atoms with Crippen molar-refractivity contribution in [3.05, 3.63) is 59.7 Å². The van der Waals surface area contributed by atoms with E-state index in [9.17, 15) is 9.59 Å². The van der Waals surface area contributed by atoms with E-state index >= 15 is 0 Å². The number of halogens is 1. The van der Waals surface area contributed by atoms with Gasteiger partial charge in [0, 0.05) is 11.1 Å². The lowest BCUT2D eigenvalue weighted by Gasteiger charge is -2.17. The Labute approximate surface area is 148 Å². The van der Waals surface area contributed by atoms with Crippen molar-refractivity contribution in [1.29, 1.82) is 0 Å². The molecular formula is C18H17BrO5. The second-order valence-corrected chi connectivity index (χ2v) is 5.43. The van der Waals surface area contributed by atoms with Gasteiger partial charge in [-0.15, -0.1) is 0 Å². The lowest BCUT2D eigenvalue weighted by Crippen LogP contribution is -2.20. The molecule has 0 saturated carbocycles. The molecule has 0 spiro atoms. The van der Waals surface area contributed by atoms with Crippen molar-refractivity contribution < 1.29 is 23.8 Å². The molecule has 0 aliphatic heterocycles. The van der Waals surface area contributed by atoms with E-state index in [4.69, 9.17) is 14.2 Å². The van der Waals surface area contributed by atoms with Gasteiger partial charge in [-0.3, -0.25) is 9.59 Å². The first-order valence-electron chi connectivity index (χ1n) is 7.16. The lowest BCUT2D eigenvalue weighted by molar-refractivity contribution is -0.143. The highest BCUT2D eigenvalue weighted by Gasteiger charge is 2.26. The van der Waals surface area contributed by atoms with E-state index in [0.717, 1.165) is 0 Å². The summed E-state index contributed by atoms with van der Waals surface area (Å²) in [5.74, 6) is 0.473.